The number of fused-ring (bicyclic) bond motifs is 1. The van der Waals surface area contributed by atoms with Crippen LogP contribution in [0.2, 0.25) is 0 Å². The van der Waals surface area contributed by atoms with E-state index in [1.165, 1.54) is 10.9 Å². The minimum Gasteiger partial charge on any atom is -0.353 e. The molecule has 1 amide bonds. The number of nitrogens with zero attached hydrogens (tertiary/aromatic N) is 7. The topological polar surface area (TPSA) is 110 Å². The van der Waals surface area contributed by atoms with Gasteiger partial charge in [-0.2, -0.15) is 4.98 Å². The van der Waals surface area contributed by atoms with E-state index in [1.54, 1.807) is 36.2 Å². The Morgan fingerprint density at radius 1 is 1.06 bits per heavy atom. The predicted molar refractivity (Wildman–Crippen MR) is 117 cm³/mol. The van der Waals surface area contributed by atoms with Crippen LogP contribution in [-0.4, -0.2) is 61.7 Å². The van der Waals surface area contributed by atoms with Crippen molar-refractivity contribution in [1.29, 1.82) is 0 Å². The molecule has 10 heteroatoms. The van der Waals surface area contributed by atoms with Crippen LogP contribution in [0.5, 0.6) is 0 Å². The molecule has 0 aliphatic carbocycles. The second kappa shape index (κ2) is 8.22. The predicted octanol–water partition coefficient (Wildman–Crippen LogP) is 1.50. The Hall–Kier alpha value is -4.08. The second-order valence-electron chi connectivity index (χ2n) is 7.60. The molecule has 1 aliphatic rings. The maximum Gasteiger partial charge on any atom is 0.261 e. The summed E-state index contributed by atoms with van der Waals surface area (Å²) in [5.74, 6) is 1.75. The third-order valence-corrected chi connectivity index (χ3v) is 5.53. The zero-order valence-corrected chi connectivity index (χ0v) is 17.5. The number of hydrogen-bond donors (Lipinski definition) is 0. The number of aryl methyl sites for hydroxylation is 1. The van der Waals surface area contributed by atoms with Gasteiger partial charge in [0.25, 0.3) is 5.56 Å². The highest BCUT2D eigenvalue weighted by molar-refractivity contribution is 5.79. The largest absolute Gasteiger partial charge is 0.353 e. The summed E-state index contributed by atoms with van der Waals surface area (Å²) in [6, 6.07) is 11.0. The lowest BCUT2D eigenvalue weighted by Crippen LogP contribution is -2.50. The maximum atomic E-state index is 12.8. The SMILES string of the molecule is Cc1nc(-c2ccc(N3CCN(C(=O)Cn4cnc5ccccc5c4=O)CC3)nc2)no1. The van der Waals surface area contributed by atoms with Gasteiger partial charge in [0, 0.05) is 44.9 Å². The molecular formula is C22H21N7O3. The summed E-state index contributed by atoms with van der Waals surface area (Å²) in [6.07, 6.45) is 3.16. The van der Waals surface area contributed by atoms with Crippen molar-refractivity contribution in [3.05, 3.63) is 65.2 Å². The summed E-state index contributed by atoms with van der Waals surface area (Å²) in [4.78, 5) is 42.3. The van der Waals surface area contributed by atoms with E-state index in [0.717, 1.165) is 11.4 Å². The molecule has 1 aliphatic heterocycles. The lowest BCUT2D eigenvalue weighted by molar-refractivity contribution is -0.132. The number of amides is 1. The van der Waals surface area contributed by atoms with Gasteiger partial charge in [0.15, 0.2) is 0 Å². The van der Waals surface area contributed by atoms with E-state index in [9.17, 15) is 9.59 Å². The lowest BCUT2D eigenvalue weighted by atomic mass is 10.2. The molecule has 4 aromatic rings. The molecule has 162 valence electrons. The minimum atomic E-state index is -0.205. The van der Waals surface area contributed by atoms with Crippen molar-refractivity contribution in [2.45, 2.75) is 13.5 Å². The number of aromatic nitrogens is 5. The van der Waals surface area contributed by atoms with Gasteiger partial charge in [0.2, 0.25) is 17.6 Å². The quantitative estimate of drug-likeness (QED) is 0.478. The van der Waals surface area contributed by atoms with E-state index in [1.807, 2.05) is 18.2 Å². The van der Waals surface area contributed by atoms with Crippen LogP contribution in [0.25, 0.3) is 22.3 Å². The van der Waals surface area contributed by atoms with Crippen molar-refractivity contribution in [3.8, 4) is 11.4 Å². The molecule has 0 N–H and O–H groups in total. The van der Waals surface area contributed by atoms with E-state index in [0.29, 0.717) is 48.8 Å². The highest BCUT2D eigenvalue weighted by Gasteiger charge is 2.22. The van der Waals surface area contributed by atoms with E-state index in [-0.39, 0.29) is 18.0 Å². The molecule has 5 rings (SSSR count). The molecule has 0 atom stereocenters. The number of para-hydroxylation sites is 1. The second-order valence-corrected chi connectivity index (χ2v) is 7.60. The van der Waals surface area contributed by atoms with Crippen molar-refractivity contribution in [2.75, 3.05) is 31.1 Å². The van der Waals surface area contributed by atoms with Crippen LogP contribution in [-0.2, 0) is 11.3 Å². The monoisotopic (exact) mass is 431 g/mol. The first kappa shape index (κ1) is 19.9. The van der Waals surface area contributed by atoms with Crippen LogP contribution in [0.15, 0.2) is 58.2 Å². The zero-order chi connectivity index (χ0) is 22.1. The van der Waals surface area contributed by atoms with Gasteiger partial charge in [0.05, 0.1) is 17.2 Å². The first-order valence-electron chi connectivity index (χ1n) is 10.3. The summed E-state index contributed by atoms with van der Waals surface area (Å²) in [5.41, 5.74) is 1.21. The molecule has 3 aromatic heterocycles. The normalized spacial score (nSPS) is 14.2. The fourth-order valence-electron chi connectivity index (χ4n) is 3.77. The molecule has 0 unspecified atom stereocenters. The Morgan fingerprint density at radius 3 is 2.59 bits per heavy atom. The Bertz CT molecular complexity index is 1320. The fourth-order valence-corrected chi connectivity index (χ4v) is 3.77. The molecule has 0 spiro atoms. The van der Waals surface area contributed by atoms with Crippen LogP contribution in [0.1, 0.15) is 5.89 Å². The average Bonchev–Trinajstić information content (AvgIpc) is 3.27. The van der Waals surface area contributed by atoms with Crippen molar-refractivity contribution < 1.29 is 9.32 Å². The van der Waals surface area contributed by atoms with Gasteiger partial charge in [-0.15, -0.1) is 0 Å². The number of pyridine rings is 1. The van der Waals surface area contributed by atoms with Gasteiger partial charge >= 0.3 is 0 Å². The molecular weight excluding hydrogens is 410 g/mol. The number of carbonyl (C=O) groups is 1. The van der Waals surface area contributed by atoms with Gasteiger partial charge in [0.1, 0.15) is 12.4 Å². The summed E-state index contributed by atoms with van der Waals surface area (Å²) < 4.78 is 6.38. The Morgan fingerprint density at radius 2 is 1.88 bits per heavy atom. The Labute approximate surface area is 183 Å². The Balaban J connectivity index is 1.21. The average molecular weight is 431 g/mol. The third kappa shape index (κ3) is 3.82. The van der Waals surface area contributed by atoms with E-state index in [2.05, 4.69) is 25.0 Å². The van der Waals surface area contributed by atoms with Gasteiger partial charge in [-0.3, -0.25) is 14.2 Å². The van der Waals surface area contributed by atoms with E-state index < -0.39 is 0 Å². The first-order valence-corrected chi connectivity index (χ1v) is 10.3. The van der Waals surface area contributed by atoms with Gasteiger partial charge in [-0.05, 0) is 24.3 Å². The number of carbonyl (C=O) groups excluding carboxylic acids is 1. The first-order chi connectivity index (χ1) is 15.6. The third-order valence-electron chi connectivity index (χ3n) is 5.53. The highest BCUT2D eigenvalue weighted by Crippen LogP contribution is 2.19. The molecule has 1 aromatic carbocycles. The molecule has 0 bridgehead atoms. The summed E-state index contributed by atoms with van der Waals surface area (Å²) in [7, 11) is 0. The number of hydrogen-bond acceptors (Lipinski definition) is 8. The van der Waals surface area contributed by atoms with Crippen LogP contribution < -0.4 is 10.5 Å². The van der Waals surface area contributed by atoms with Crippen LogP contribution in [0.4, 0.5) is 5.82 Å². The smallest absolute Gasteiger partial charge is 0.261 e. The van der Waals surface area contributed by atoms with Crippen molar-refractivity contribution in [3.63, 3.8) is 0 Å². The molecule has 1 saturated heterocycles. The summed E-state index contributed by atoms with van der Waals surface area (Å²) >= 11 is 0. The van der Waals surface area contributed by atoms with Gasteiger partial charge in [-0.1, -0.05) is 17.3 Å². The molecule has 0 radical (unpaired) electrons. The van der Waals surface area contributed by atoms with Crippen LogP contribution >= 0.6 is 0 Å². The number of piperazine rings is 1. The summed E-state index contributed by atoms with van der Waals surface area (Å²) in [6.45, 7) is 4.15. The number of rotatable bonds is 4. The lowest BCUT2D eigenvalue weighted by Gasteiger charge is -2.35. The standard InChI is InChI=1S/C22H21N7O3/c1-15-25-21(26-32-15)16-6-7-19(23-12-16)27-8-10-28(11-9-27)20(30)13-29-14-24-18-5-3-2-4-17(18)22(29)31/h2-7,12,14H,8-11,13H2,1H3. The minimum absolute atomic E-state index is 0.0201. The summed E-state index contributed by atoms with van der Waals surface area (Å²) in [5, 5.41) is 4.41. The van der Waals surface area contributed by atoms with Gasteiger partial charge in [-0.25, -0.2) is 9.97 Å². The van der Waals surface area contributed by atoms with Crippen LogP contribution in [0, 0.1) is 6.92 Å². The molecule has 32 heavy (non-hydrogen) atoms. The number of anilines is 1. The van der Waals surface area contributed by atoms with Crippen molar-refractivity contribution in [1.82, 2.24) is 29.6 Å². The van der Waals surface area contributed by atoms with E-state index >= 15 is 0 Å². The van der Waals surface area contributed by atoms with Crippen molar-refractivity contribution in [2.24, 2.45) is 0 Å². The number of benzene rings is 1. The molecule has 4 heterocycles. The zero-order valence-electron chi connectivity index (χ0n) is 17.5. The van der Waals surface area contributed by atoms with Crippen molar-refractivity contribution >= 4 is 22.6 Å². The maximum absolute atomic E-state index is 12.8. The molecule has 1 fully saturated rings. The van der Waals surface area contributed by atoms with Crippen LogP contribution in [0.3, 0.4) is 0 Å². The Kier molecular flexibility index (Phi) is 5.10. The fraction of sp³-hybridized carbons (Fsp3) is 0.273. The molecule has 0 saturated carbocycles. The van der Waals surface area contributed by atoms with E-state index in [4.69, 9.17) is 4.52 Å². The van der Waals surface area contributed by atoms with Gasteiger partial charge < -0.3 is 14.3 Å². The molecule has 10 nitrogen and oxygen atoms in total. The highest BCUT2D eigenvalue weighted by atomic mass is 16.5.